The van der Waals surface area contributed by atoms with Crippen molar-refractivity contribution in [3.63, 3.8) is 0 Å². The van der Waals surface area contributed by atoms with Crippen molar-refractivity contribution in [2.24, 2.45) is 11.8 Å². The summed E-state index contributed by atoms with van der Waals surface area (Å²) in [6, 6.07) is 1.35. The van der Waals surface area contributed by atoms with Crippen LogP contribution in [0.4, 0.5) is 0 Å². The molecule has 1 aliphatic heterocycles. The lowest BCUT2D eigenvalue weighted by molar-refractivity contribution is 0.0491. The van der Waals surface area contributed by atoms with Gasteiger partial charge in [0.15, 0.2) is 0 Å². The molecule has 2 atom stereocenters. The van der Waals surface area contributed by atoms with E-state index in [0.717, 1.165) is 32.2 Å². The van der Waals surface area contributed by atoms with E-state index in [1.807, 2.05) is 0 Å². The van der Waals surface area contributed by atoms with Gasteiger partial charge in [0, 0.05) is 38.3 Å². The van der Waals surface area contributed by atoms with Crippen molar-refractivity contribution >= 4 is 0 Å². The van der Waals surface area contributed by atoms with Crippen LogP contribution in [0, 0.1) is 11.8 Å². The number of nitrogens with zero attached hydrogens (tertiary/aromatic N) is 1. The van der Waals surface area contributed by atoms with Crippen molar-refractivity contribution in [2.75, 3.05) is 32.8 Å². The summed E-state index contributed by atoms with van der Waals surface area (Å²) >= 11 is 0. The van der Waals surface area contributed by atoms with Gasteiger partial charge < -0.3 is 10.1 Å². The Morgan fingerprint density at radius 1 is 1.21 bits per heavy atom. The molecule has 114 valence electrons. The first kappa shape index (κ1) is 16.9. The van der Waals surface area contributed by atoms with E-state index in [1.54, 1.807) is 0 Å². The molecule has 3 nitrogen and oxygen atoms in total. The molecule has 1 rings (SSSR count). The molecule has 2 unspecified atom stereocenters. The van der Waals surface area contributed by atoms with E-state index in [-0.39, 0.29) is 0 Å². The Morgan fingerprint density at radius 3 is 2.53 bits per heavy atom. The highest BCUT2D eigenvalue weighted by Gasteiger charge is 2.27. The van der Waals surface area contributed by atoms with E-state index >= 15 is 0 Å². The summed E-state index contributed by atoms with van der Waals surface area (Å²) < 4.78 is 5.76. The molecule has 1 fully saturated rings. The second kappa shape index (κ2) is 8.93. The standard InChI is InChI=1S/C16H34N2O/c1-6-15-11-18(7-8-19-12-14(4)5)16(10-17-15)9-13(2)3/h13-17H,6-12H2,1-5H3. The van der Waals surface area contributed by atoms with Gasteiger partial charge in [0.05, 0.1) is 6.61 Å². The Hall–Kier alpha value is -0.120. The minimum atomic E-state index is 0.637. The highest BCUT2D eigenvalue weighted by Crippen LogP contribution is 2.16. The number of nitrogens with one attached hydrogen (secondary N) is 1. The zero-order valence-corrected chi connectivity index (χ0v) is 13.6. The first-order valence-electron chi connectivity index (χ1n) is 8.08. The fourth-order valence-electron chi connectivity index (χ4n) is 2.75. The third kappa shape index (κ3) is 6.73. The van der Waals surface area contributed by atoms with Gasteiger partial charge in [-0.15, -0.1) is 0 Å². The molecular formula is C16H34N2O. The zero-order chi connectivity index (χ0) is 14.3. The summed E-state index contributed by atoms with van der Waals surface area (Å²) in [5, 5.41) is 3.68. The van der Waals surface area contributed by atoms with Crippen LogP contribution in [0.3, 0.4) is 0 Å². The van der Waals surface area contributed by atoms with Crippen molar-refractivity contribution < 1.29 is 4.74 Å². The van der Waals surface area contributed by atoms with Crippen molar-refractivity contribution in [1.29, 1.82) is 0 Å². The zero-order valence-electron chi connectivity index (χ0n) is 13.6. The molecule has 0 aliphatic carbocycles. The fourth-order valence-corrected chi connectivity index (χ4v) is 2.75. The summed E-state index contributed by atoms with van der Waals surface area (Å²) in [5.74, 6) is 1.40. The van der Waals surface area contributed by atoms with Crippen LogP contribution >= 0.6 is 0 Å². The minimum Gasteiger partial charge on any atom is -0.380 e. The largest absolute Gasteiger partial charge is 0.380 e. The highest BCUT2D eigenvalue weighted by molar-refractivity contribution is 4.86. The predicted octanol–water partition coefficient (Wildman–Crippen LogP) is 2.76. The summed E-state index contributed by atoms with van der Waals surface area (Å²) in [7, 11) is 0. The first-order valence-corrected chi connectivity index (χ1v) is 8.08. The van der Waals surface area contributed by atoms with Crippen LogP contribution in [-0.2, 0) is 4.74 Å². The molecular weight excluding hydrogens is 236 g/mol. The van der Waals surface area contributed by atoms with Crippen molar-refractivity contribution in [3.05, 3.63) is 0 Å². The number of piperazine rings is 1. The Bertz CT molecular complexity index is 231. The highest BCUT2D eigenvalue weighted by atomic mass is 16.5. The summed E-state index contributed by atoms with van der Waals surface area (Å²) in [4.78, 5) is 2.64. The van der Waals surface area contributed by atoms with Crippen molar-refractivity contribution in [3.8, 4) is 0 Å². The van der Waals surface area contributed by atoms with Crippen LogP contribution in [-0.4, -0.2) is 49.8 Å². The lowest BCUT2D eigenvalue weighted by Crippen LogP contribution is -2.57. The molecule has 0 aromatic carbocycles. The maximum atomic E-state index is 5.76. The molecule has 1 saturated heterocycles. The van der Waals surface area contributed by atoms with E-state index in [9.17, 15) is 0 Å². The van der Waals surface area contributed by atoms with Crippen LogP contribution in [0.1, 0.15) is 47.5 Å². The second-order valence-electron chi connectivity index (χ2n) is 6.76. The van der Waals surface area contributed by atoms with Gasteiger partial charge in [-0.05, 0) is 24.7 Å². The summed E-state index contributed by atoms with van der Waals surface area (Å²) in [6.45, 7) is 16.5. The maximum Gasteiger partial charge on any atom is 0.0593 e. The smallest absolute Gasteiger partial charge is 0.0593 e. The molecule has 0 spiro atoms. The van der Waals surface area contributed by atoms with Crippen LogP contribution in [0.15, 0.2) is 0 Å². The maximum absolute atomic E-state index is 5.76. The van der Waals surface area contributed by atoms with Crippen LogP contribution in [0.25, 0.3) is 0 Å². The Kier molecular flexibility index (Phi) is 7.96. The van der Waals surface area contributed by atoms with Gasteiger partial charge in [-0.1, -0.05) is 34.6 Å². The second-order valence-corrected chi connectivity index (χ2v) is 6.76. The van der Waals surface area contributed by atoms with Gasteiger partial charge in [0.25, 0.3) is 0 Å². The monoisotopic (exact) mass is 270 g/mol. The van der Waals surface area contributed by atoms with Gasteiger partial charge in [-0.2, -0.15) is 0 Å². The number of hydrogen-bond acceptors (Lipinski definition) is 3. The van der Waals surface area contributed by atoms with E-state index in [1.165, 1.54) is 19.4 Å². The average molecular weight is 270 g/mol. The topological polar surface area (TPSA) is 24.5 Å². The van der Waals surface area contributed by atoms with Crippen LogP contribution in [0.2, 0.25) is 0 Å². The summed E-state index contributed by atoms with van der Waals surface area (Å²) in [6.07, 6.45) is 2.51. The third-order valence-corrected chi connectivity index (χ3v) is 3.82. The van der Waals surface area contributed by atoms with Gasteiger partial charge in [0.2, 0.25) is 0 Å². The van der Waals surface area contributed by atoms with E-state index < -0.39 is 0 Å². The quantitative estimate of drug-likeness (QED) is 0.686. The third-order valence-electron chi connectivity index (χ3n) is 3.82. The predicted molar refractivity (Wildman–Crippen MR) is 82.6 cm³/mol. The molecule has 0 amide bonds. The van der Waals surface area contributed by atoms with Crippen LogP contribution < -0.4 is 5.32 Å². The van der Waals surface area contributed by atoms with Crippen molar-refractivity contribution in [2.45, 2.75) is 59.5 Å². The average Bonchev–Trinajstić information content (AvgIpc) is 2.35. The molecule has 0 aromatic heterocycles. The van der Waals surface area contributed by atoms with E-state index in [0.29, 0.717) is 18.0 Å². The Balaban J connectivity index is 2.37. The minimum absolute atomic E-state index is 0.637. The molecule has 0 aromatic rings. The first-order chi connectivity index (χ1) is 9.02. The van der Waals surface area contributed by atoms with E-state index in [4.69, 9.17) is 4.74 Å². The molecule has 0 bridgehead atoms. The van der Waals surface area contributed by atoms with Gasteiger partial charge >= 0.3 is 0 Å². The van der Waals surface area contributed by atoms with Crippen molar-refractivity contribution in [1.82, 2.24) is 10.2 Å². The van der Waals surface area contributed by atoms with Gasteiger partial charge in [-0.3, -0.25) is 4.90 Å². The van der Waals surface area contributed by atoms with E-state index in [2.05, 4.69) is 44.8 Å². The van der Waals surface area contributed by atoms with Gasteiger partial charge in [0.1, 0.15) is 0 Å². The number of ether oxygens (including phenoxy) is 1. The molecule has 0 radical (unpaired) electrons. The molecule has 1 N–H and O–H groups in total. The lowest BCUT2D eigenvalue weighted by atomic mass is 9.98. The normalized spacial score (nSPS) is 25.4. The Morgan fingerprint density at radius 2 is 1.95 bits per heavy atom. The number of hydrogen-bond donors (Lipinski definition) is 1. The van der Waals surface area contributed by atoms with Gasteiger partial charge in [-0.25, -0.2) is 0 Å². The lowest BCUT2D eigenvalue weighted by Gasteiger charge is -2.41. The molecule has 1 heterocycles. The molecule has 0 saturated carbocycles. The Labute approximate surface area is 120 Å². The summed E-state index contributed by atoms with van der Waals surface area (Å²) in [5.41, 5.74) is 0. The SMILES string of the molecule is CCC1CN(CCOCC(C)C)C(CC(C)C)CN1. The molecule has 19 heavy (non-hydrogen) atoms. The number of rotatable bonds is 8. The fraction of sp³-hybridized carbons (Fsp3) is 1.00. The van der Waals surface area contributed by atoms with Crippen LogP contribution in [0.5, 0.6) is 0 Å². The molecule has 1 aliphatic rings. The molecule has 3 heteroatoms.